The molecule has 1 aliphatic rings. The van der Waals surface area contributed by atoms with E-state index in [1.165, 1.54) is 11.3 Å². The number of ketones is 1. The highest BCUT2D eigenvalue weighted by Gasteiger charge is 2.15. The van der Waals surface area contributed by atoms with Crippen molar-refractivity contribution in [2.24, 2.45) is 5.92 Å². The second kappa shape index (κ2) is 6.03. The van der Waals surface area contributed by atoms with Crippen molar-refractivity contribution in [3.05, 3.63) is 29.3 Å². The van der Waals surface area contributed by atoms with Gasteiger partial charge in [0.2, 0.25) is 0 Å². The van der Waals surface area contributed by atoms with Gasteiger partial charge >= 0.3 is 0 Å². The highest BCUT2D eigenvalue weighted by atomic mass is 16.1. The SMILES string of the molecule is CCC(CC)CC(=O)c1ccc2c(c1)CCCN2. The molecule has 0 bridgehead atoms. The van der Waals surface area contributed by atoms with Crippen LogP contribution in [0.15, 0.2) is 18.2 Å². The van der Waals surface area contributed by atoms with Gasteiger partial charge in [-0.15, -0.1) is 0 Å². The number of anilines is 1. The number of hydrogen-bond donors (Lipinski definition) is 1. The summed E-state index contributed by atoms with van der Waals surface area (Å²) >= 11 is 0. The Kier molecular flexibility index (Phi) is 4.40. The normalized spacial score (nSPS) is 14.2. The molecule has 0 spiro atoms. The molecule has 0 aromatic heterocycles. The molecule has 2 rings (SSSR count). The zero-order chi connectivity index (χ0) is 13.0. The maximum atomic E-state index is 12.2. The summed E-state index contributed by atoms with van der Waals surface area (Å²) in [4.78, 5) is 12.2. The summed E-state index contributed by atoms with van der Waals surface area (Å²) in [7, 11) is 0. The molecule has 1 heterocycles. The van der Waals surface area contributed by atoms with E-state index in [2.05, 4.69) is 31.3 Å². The minimum atomic E-state index is 0.303. The van der Waals surface area contributed by atoms with Crippen LogP contribution in [0.25, 0.3) is 0 Å². The fourth-order valence-corrected chi connectivity index (χ4v) is 2.61. The summed E-state index contributed by atoms with van der Waals surface area (Å²) in [5, 5.41) is 3.38. The molecule has 2 heteroatoms. The van der Waals surface area contributed by atoms with Crippen molar-refractivity contribution < 1.29 is 4.79 Å². The zero-order valence-electron chi connectivity index (χ0n) is 11.5. The highest BCUT2D eigenvalue weighted by molar-refractivity contribution is 5.96. The Morgan fingerprint density at radius 1 is 1.33 bits per heavy atom. The molecule has 2 nitrogen and oxygen atoms in total. The van der Waals surface area contributed by atoms with Crippen molar-refractivity contribution in [3.8, 4) is 0 Å². The molecule has 0 amide bonds. The second-order valence-electron chi connectivity index (χ2n) is 5.21. The molecule has 18 heavy (non-hydrogen) atoms. The first-order chi connectivity index (χ1) is 8.74. The average Bonchev–Trinajstić information content (AvgIpc) is 2.44. The summed E-state index contributed by atoms with van der Waals surface area (Å²) in [6.07, 6.45) is 5.13. The van der Waals surface area contributed by atoms with Gasteiger partial charge < -0.3 is 5.32 Å². The molecule has 0 fully saturated rings. The summed E-state index contributed by atoms with van der Waals surface area (Å²) in [6, 6.07) is 6.13. The topological polar surface area (TPSA) is 29.1 Å². The monoisotopic (exact) mass is 245 g/mol. The third-order valence-electron chi connectivity index (χ3n) is 3.99. The van der Waals surface area contributed by atoms with E-state index in [0.29, 0.717) is 18.1 Å². The molecule has 0 saturated carbocycles. The van der Waals surface area contributed by atoms with Gasteiger partial charge in [-0.3, -0.25) is 4.79 Å². The smallest absolute Gasteiger partial charge is 0.163 e. The Balaban J connectivity index is 2.11. The predicted octanol–water partition coefficient (Wildman–Crippen LogP) is 4.05. The number of fused-ring (bicyclic) bond motifs is 1. The molecule has 1 aromatic carbocycles. The van der Waals surface area contributed by atoms with Gasteiger partial charge in [0.1, 0.15) is 0 Å². The fourth-order valence-electron chi connectivity index (χ4n) is 2.61. The molecular formula is C16H23NO. The first kappa shape index (κ1) is 13.1. The van der Waals surface area contributed by atoms with Gasteiger partial charge in [-0.2, -0.15) is 0 Å². The second-order valence-corrected chi connectivity index (χ2v) is 5.21. The Hall–Kier alpha value is -1.31. The van der Waals surface area contributed by atoms with Crippen LogP contribution >= 0.6 is 0 Å². The van der Waals surface area contributed by atoms with Gasteiger partial charge in [-0.05, 0) is 42.5 Å². The van der Waals surface area contributed by atoms with Gasteiger partial charge in [-0.1, -0.05) is 26.7 Å². The zero-order valence-corrected chi connectivity index (χ0v) is 11.5. The summed E-state index contributed by atoms with van der Waals surface area (Å²) in [5.74, 6) is 0.837. The van der Waals surface area contributed by atoms with E-state index in [1.54, 1.807) is 0 Å². The summed E-state index contributed by atoms with van der Waals surface area (Å²) in [6.45, 7) is 5.38. The molecule has 0 saturated heterocycles. The molecule has 0 aliphatic carbocycles. The first-order valence-corrected chi connectivity index (χ1v) is 7.14. The molecule has 0 unspecified atom stereocenters. The molecule has 0 radical (unpaired) electrons. The van der Waals surface area contributed by atoms with Crippen molar-refractivity contribution in [2.45, 2.75) is 46.0 Å². The number of aryl methyl sites for hydroxylation is 1. The van der Waals surface area contributed by atoms with Gasteiger partial charge in [0.05, 0.1) is 0 Å². The van der Waals surface area contributed by atoms with E-state index < -0.39 is 0 Å². The number of Topliss-reactive ketones (excluding diaryl/α,β-unsaturated/α-hetero) is 1. The molecule has 1 aliphatic heterocycles. The van der Waals surface area contributed by atoms with E-state index in [-0.39, 0.29) is 0 Å². The molecular weight excluding hydrogens is 222 g/mol. The van der Waals surface area contributed by atoms with Crippen LogP contribution in [0, 0.1) is 5.92 Å². The van der Waals surface area contributed by atoms with Crippen molar-refractivity contribution in [1.82, 2.24) is 0 Å². The fraction of sp³-hybridized carbons (Fsp3) is 0.562. The largest absolute Gasteiger partial charge is 0.385 e. The number of carbonyl (C=O) groups excluding carboxylic acids is 1. The van der Waals surface area contributed by atoms with Crippen LogP contribution < -0.4 is 5.32 Å². The van der Waals surface area contributed by atoms with Gasteiger partial charge in [0, 0.05) is 24.2 Å². The minimum absolute atomic E-state index is 0.303. The lowest BCUT2D eigenvalue weighted by atomic mass is 9.92. The van der Waals surface area contributed by atoms with E-state index in [9.17, 15) is 4.79 Å². The van der Waals surface area contributed by atoms with Crippen molar-refractivity contribution in [2.75, 3.05) is 11.9 Å². The number of carbonyl (C=O) groups is 1. The lowest BCUT2D eigenvalue weighted by Crippen LogP contribution is -2.13. The minimum Gasteiger partial charge on any atom is -0.385 e. The maximum Gasteiger partial charge on any atom is 0.163 e. The Morgan fingerprint density at radius 3 is 2.83 bits per heavy atom. The van der Waals surface area contributed by atoms with Gasteiger partial charge in [0.15, 0.2) is 5.78 Å². The van der Waals surface area contributed by atoms with E-state index in [0.717, 1.165) is 37.8 Å². The number of hydrogen-bond acceptors (Lipinski definition) is 2. The number of rotatable bonds is 5. The summed E-state index contributed by atoms with van der Waals surface area (Å²) < 4.78 is 0. The van der Waals surface area contributed by atoms with Crippen molar-refractivity contribution in [3.63, 3.8) is 0 Å². The molecule has 0 atom stereocenters. The van der Waals surface area contributed by atoms with Gasteiger partial charge in [0.25, 0.3) is 0 Å². The van der Waals surface area contributed by atoms with Crippen LogP contribution in [0.1, 0.15) is 55.5 Å². The molecule has 98 valence electrons. The first-order valence-electron chi connectivity index (χ1n) is 7.14. The summed E-state index contributed by atoms with van der Waals surface area (Å²) in [5.41, 5.74) is 3.40. The van der Waals surface area contributed by atoms with Crippen LogP contribution in [0.5, 0.6) is 0 Å². The Labute approximate surface area is 110 Å². The quantitative estimate of drug-likeness (QED) is 0.793. The average molecular weight is 245 g/mol. The number of benzene rings is 1. The van der Waals surface area contributed by atoms with Crippen LogP contribution in [-0.4, -0.2) is 12.3 Å². The van der Waals surface area contributed by atoms with E-state index >= 15 is 0 Å². The predicted molar refractivity (Wildman–Crippen MR) is 76.3 cm³/mol. The number of nitrogens with one attached hydrogen (secondary N) is 1. The van der Waals surface area contributed by atoms with E-state index in [1.807, 2.05) is 6.07 Å². The van der Waals surface area contributed by atoms with Crippen molar-refractivity contribution >= 4 is 11.5 Å². The molecule has 1 aromatic rings. The van der Waals surface area contributed by atoms with E-state index in [4.69, 9.17) is 0 Å². The molecule has 1 N–H and O–H groups in total. The lowest BCUT2D eigenvalue weighted by molar-refractivity contribution is 0.0958. The van der Waals surface area contributed by atoms with Crippen LogP contribution in [0.2, 0.25) is 0 Å². The Bertz CT molecular complexity index is 421. The van der Waals surface area contributed by atoms with Gasteiger partial charge in [-0.25, -0.2) is 0 Å². The Morgan fingerprint density at radius 2 is 2.11 bits per heavy atom. The van der Waals surface area contributed by atoms with Crippen LogP contribution in [-0.2, 0) is 6.42 Å². The maximum absolute atomic E-state index is 12.2. The third kappa shape index (κ3) is 2.92. The van der Waals surface area contributed by atoms with Crippen LogP contribution in [0.4, 0.5) is 5.69 Å². The van der Waals surface area contributed by atoms with Crippen molar-refractivity contribution in [1.29, 1.82) is 0 Å². The third-order valence-corrected chi connectivity index (χ3v) is 3.99. The lowest BCUT2D eigenvalue weighted by Gasteiger charge is -2.19. The van der Waals surface area contributed by atoms with Crippen LogP contribution in [0.3, 0.4) is 0 Å². The standard InChI is InChI=1S/C16H23NO/c1-3-12(4-2)10-16(18)14-7-8-15-13(11-14)6-5-9-17-15/h7-8,11-12,17H,3-6,9-10H2,1-2H3. The highest BCUT2D eigenvalue weighted by Crippen LogP contribution is 2.24.